The first-order chi connectivity index (χ1) is 13.2. The van der Waals surface area contributed by atoms with Gasteiger partial charge < -0.3 is 10.2 Å². The van der Waals surface area contributed by atoms with Gasteiger partial charge in [-0.15, -0.1) is 0 Å². The molecule has 27 heavy (non-hydrogen) atoms. The molecule has 1 aromatic heterocycles. The molecule has 4 rings (SSSR count). The van der Waals surface area contributed by atoms with E-state index in [1.54, 1.807) is 16.7 Å². The van der Waals surface area contributed by atoms with Gasteiger partial charge in [-0.05, 0) is 23.6 Å². The summed E-state index contributed by atoms with van der Waals surface area (Å²) < 4.78 is 1.60. The van der Waals surface area contributed by atoms with Crippen LogP contribution in [0.1, 0.15) is 0 Å². The number of para-hydroxylation sites is 1. The van der Waals surface area contributed by atoms with Crippen LogP contribution in [-0.2, 0) is 0 Å². The average molecular weight is 378 g/mol. The lowest BCUT2D eigenvalue weighted by atomic mass is 10.1. The lowest BCUT2D eigenvalue weighted by molar-refractivity contribution is 0.113. The second-order valence-electron chi connectivity index (χ2n) is 6.20. The first kappa shape index (κ1) is 17.7. The minimum absolute atomic E-state index is 0.155. The zero-order valence-corrected chi connectivity index (χ0v) is 15.3. The maximum absolute atomic E-state index is 13.3. The molecule has 0 aliphatic carbocycles. The van der Waals surface area contributed by atoms with Crippen LogP contribution < -0.4 is 5.56 Å². The Morgan fingerprint density at radius 1 is 0.963 bits per heavy atom. The molecule has 0 aliphatic rings. The Bertz CT molecular complexity index is 1170. The van der Waals surface area contributed by atoms with E-state index in [1.165, 1.54) is 11.8 Å². The first-order valence-corrected chi connectivity index (χ1v) is 9.59. The lowest BCUT2D eigenvalue weighted by Crippen LogP contribution is -2.23. The van der Waals surface area contributed by atoms with Crippen LogP contribution in [0.2, 0.25) is 0 Å². The van der Waals surface area contributed by atoms with Crippen LogP contribution >= 0.6 is 11.8 Å². The van der Waals surface area contributed by atoms with Gasteiger partial charge >= 0.3 is 0 Å². The average Bonchev–Trinajstić information content (AvgIpc) is 2.72. The van der Waals surface area contributed by atoms with Gasteiger partial charge in [0, 0.05) is 11.1 Å². The van der Waals surface area contributed by atoms with Crippen LogP contribution in [0, 0.1) is 0 Å². The topological polar surface area (TPSA) is 75.3 Å². The third-order valence-electron chi connectivity index (χ3n) is 4.37. The molecule has 3 aromatic carbocycles. The fraction of sp³-hybridized carbons (Fsp3) is 0.143. The van der Waals surface area contributed by atoms with Crippen LogP contribution in [0.25, 0.3) is 27.4 Å². The Balaban J connectivity index is 1.99. The number of aliphatic hydroxyl groups excluding tert-OH is 2. The molecule has 1 atom stereocenters. The van der Waals surface area contributed by atoms with Crippen LogP contribution in [0.15, 0.2) is 76.7 Å². The summed E-state index contributed by atoms with van der Waals surface area (Å²) in [6.07, 6.45) is -0.876. The fourth-order valence-corrected chi connectivity index (χ4v) is 3.97. The van der Waals surface area contributed by atoms with Crippen molar-refractivity contribution in [1.82, 2.24) is 9.55 Å². The second kappa shape index (κ2) is 7.52. The van der Waals surface area contributed by atoms with Gasteiger partial charge in [0.15, 0.2) is 5.16 Å². The summed E-state index contributed by atoms with van der Waals surface area (Å²) in [6.45, 7) is -0.334. The normalized spacial score (nSPS) is 12.5. The van der Waals surface area contributed by atoms with Crippen molar-refractivity contribution in [2.24, 2.45) is 0 Å². The third-order valence-corrected chi connectivity index (χ3v) is 5.45. The second-order valence-corrected chi connectivity index (χ2v) is 7.18. The molecule has 0 spiro atoms. The van der Waals surface area contributed by atoms with E-state index in [4.69, 9.17) is 5.11 Å². The van der Waals surface area contributed by atoms with Crippen molar-refractivity contribution >= 4 is 33.4 Å². The van der Waals surface area contributed by atoms with Gasteiger partial charge in [-0.1, -0.05) is 60.3 Å². The minimum Gasteiger partial charge on any atom is -0.394 e. The van der Waals surface area contributed by atoms with Crippen molar-refractivity contribution in [3.05, 3.63) is 77.1 Å². The third kappa shape index (κ3) is 3.35. The number of aliphatic hydroxyl groups is 2. The summed E-state index contributed by atoms with van der Waals surface area (Å²) in [7, 11) is 0. The number of aromatic nitrogens is 2. The number of thioether (sulfide) groups is 1. The van der Waals surface area contributed by atoms with E-state index in [1.807, 2.05) is 54.6 Å². The van der Waals surface area contributed by atoms with Crippen LogP contribution in [-0.4, -0.2) is 38.2 Å². The summed E-state index contributed by atoms with van der Waals surface area (Å²) >= 11 is 1.25. The van der Waals surface area contributed by atoms with Gasteiger partial charge in [0.25, 0.3) is 5.56 Å². The van der Waals surface area contributed by atoms with Gasteiger partial charge in [-0.25, -0.2) is 4.98 Å². The van der Waals surface area contributed by atoms with E-state index in [9.17, 15) is 9.90 Å². The van der Waals surface area contributed by atoms with Gasteiger partial charge in [-0.3, -0.25) is 9.36 Å². The van der Waals surface area contributed by atoms with Gasteiger partial charge in [0.2, 0.25) is 0 Å². The quantitative estimate of drug-likeness (QED) is 0.412. The highest BCUT2D eigenvalue weighted by atomic mass is 32.2. The van der Waals surface area contributed by atoms with E-state index < -0.39 is 6.10 Å². The Morgan fingerprint density at radius 3 is 2.48 bits per heavy atom. The van der Waals surface area contributed by atoms with Gasteiger partial charge in [-0.2, -0.15) is 0 Å². The van der Waals surface area contributed by atoms with E-state index in [0.717, 1.165) is 16.5 Å². The smallest absolute Gasteiger partial charge is 0.266 e. The molecule has 4 aromatic rings. The highest BCUT2D eigenvalue weighted by Gasteiger charge is 2.16. The summed E-state index contributed by atoms with van der Waals surface area (Å²) in [6, 6.07) is 20.9. The SMILES string of the molecule is O=c1c2ccccc2nc(SCC(O)CO)n1-c1cccc2ccccc12. The lowest BCUT2D eigenvalue weighted by Gasteiger charge is -2.16. The van der Waals surface area contributed by atoms with E-state index in [-0.39, 0.29) is 17.9 Å². The first-order valence-electron chi connectivity index (χ1n) is 8.60. The molecule has 0 radical (unpaired) electrons. The van der Waals surface area contributed by atoms with Crippen molar-refractivity contribution in [1.29, 1.82) is 0 Å². The standard InChI is InChI=1S/C21H18N2O3S/c24-12-15(25)13-27-21-22-18-10-4-3-9-17(18)20(26)23(21)19-11-5-7-14-6-1-2-8-16(14)19/h1-11,15,24-25H,12-13H2. The molecular formula is C21H18N2O3S. The molecule has 0 amide bonds. The monoisotopic (exact) mass is 378 g/mol. The largest absolute Gasteiger partial charge is 0.394 e. The van der Waals surface area contributed by atoms with E-state index in [2.05, 4.69) is 4.98 Å². The Labute approximate surface area is 159 Å². The molecule has 0 bridgehead atoms. The van der Waals surface area contributed by atoms with Gasteiger partial charge in [0.1, 0.15) is 0 Å². The maximum atomic E-state index is 13.3. The molecule has 2 N–H and O–H groups in total. The highest BCUT2D eigenvalue weighted by Crippen LogP contribution is 2.26. The predicted octanol–water partition coefficient (Wildman–Crippen LogP) is 2.98. The Morgan fingerprint density at radius 2 is 1.67 bits per heavy atom. The molecule has 1 unspecified atom stereocenters. The molecule has 0 aliphatic heterocycles. The minimum atomic E-state index is -0.876. The zero-order valence-electron chi connectivity index (χ0n) is 14.4. The van der Waals surface area contributed by atoms with E-state index >= 15 is 0 Å². The van der Waals surface area contributed by atoms with Crippen molar-refractivity contribution in [3.63, 3.8) is 0 Å². The summed E-state index contributed by atoms with van der Waals surface area (Å²) in [5.74, 6) is 0.242. The molecule has 1 heterocycles. The molecule has 5 nitrogen and oxygen atoms in total. The summed E-state index contributed by atoms with van der Waals surface area (Å²) in [5.41, 5.74) is 1.20. The van der Waals surface area contributed by atoms with Crippen molar-refractivity contribution in [3.8, 4) is 5.69 Å². The molecule has 0 fully saturated rings. The molecule has 0 saturated carbocycles. The number of rotatable bonds is 5. The van der Waals surface area contributed by atoms with Crippen molar-refractivity contribution < 1.29 is 10.2 Å². The van der Waals surface area contributed by atoms with Crippen molar-refractivity contribution in [2.75, 3.05) is 12.4 Å². The molecule has 0 saturated heterocycles. The van der Waals surface area contributed by atoms with E-state index in [0.29, 0.717) is 16.1 Å². The number of hydrogen-bond donors (Lipinski definition) is 2. The fourth-order valence-electron chi connectivity index (χ4n) is 3.05. The van der Waals surface area contributed by atoms with Crippen molar-refractivity contribution in [2.45, 2.75) is 11.3 Å². The number of fused-ring (bicyclic) bond motifs is 2. The summed E-state index contributed by atoms with van der Waals surface area (Å²) in [4.78, 5) is 18.0. The zero-order chi connectivity index (χ0) is 18.8. The Hall–Kier alpha value is -2.67. The van der Waals surface area contributed by atoms with Crippen LogP contribution in [0.3, 0.4) is 0 Å². The molecule has 136 valence electrons. The summed E-state index contributed by atoms with van der Waals surface area (Å²) in [5, 5.41) is 21.9. The molecular weight excluding hydrogens is 360 g/mol. The van der Waals surface area contributed by atoms with Gasteiger partial charge in [0.05, 0.1) is 29.3 Å². The van der Waals surface area contributed by atoms with Crippen LogP contribution in [0.4, 0.5) is 0 Å². The highest BCUT2D eigenvalue weighted by molar-refractivity contribution is 7.99. The number of hydrogen-bond acceptors (Lipinski definition) is 5. The number of benzene rings is 3. The predicted molar refractivity (Wildman–Crippen MR) is 109 cm³/mol. The maximum Gasteiger partial charge on any atom is 0.266 e. The number of nitrogens with zero attached hydrogens (tertiary/aromatic N) is 2. The van der Waals surface area contributed by atoms with Crippen LogP contribution in [0.5, 0.6) is 0 Å². The Kier molecular flexibility index (Phi) is 4.94. The molecule has 6 heteroatoms.